The number of rotatable bonds is 5. The minimum atomic E-state index is 0.105. The van der Waals surface area contributed by atoms with Crippen molar-refractivity contribution in [3.8, 4) is 0 Å². The van der Waals surface area contributed by atoms with Gasteiger partial charge in [-0.2, -0.15) is 5.10 Å². The molecule has 0 radical (unpaired) electrons. The van der Waals surface area contributed by atoms with Crippen molar-refractivity contribution in [3.63, 3.8) is 0 Å². The Labute approximate surface area is 131 Å². The summed E-state index contributed by atoms with van der Waals surface area (Å²) in [6.07, 6.45) is 4.15. The molecule has 2 rings (SSSR count). The summed E-state index contributed by atoms with van der Waals surface area (Å²) in [5, 5.41) is 4.40. The summed E-state index contributed by atoms with van der Waals surface area (Å²) in [4.78, 5) is 18.4. The van der Waals surface area contributed by atoms with Gasteiger partial charge in [0.2, 0.25) is 5.91 Å². The SMILES string of the molecule is Cc1nn(C)c(C)c1CN(C)C(=O)C[C@@H](C)n1ccnc1C. The fraction of sp³-hybridized carbons (Fsp3) is 0.562. The number of amides is 1. The van der Waals surface area contributed by atoms with E-state index in [-0.39, 0.29) is 11.9 Å². The molecule has 0 saturated carbocycles. The van der Waals surface area contributed by atoms with Crippen LogP contribution in [0.1, 0.15) is 42.2 Å². The number of carbonyl (C=O) groups is 1. The van der Waals surface area contributed by atoms with Crippen LogP contribution in [0, 0.1) is 20.8 Å². The second-order valence-corrected chi connectivity index (χ2v) is 5.96. The summed E-state index contributed by atoms with van der Waals surface area (Å²) in [7, 11) is 3.78. The Hall–Kier alpha value is -2.11. The number of nitrogens with zero attached hydrogens (tertiary/aromatic N) is 5. The van der Waals surface area contributed by atoms with Crippen molar-refractivity contribution in [3.05, 3.63) is 35.2 Å². The van der Waals surface area contributed by atoms with Crippen LogP contribution in [0.3, 0.4) is 0 Å². The molecule has 6 heteroatoms. The Morgan fingerprint density at radius 3 is 2.55 bits per heavy atom. The van der Waals surface area contributed by atoms with Gasteiger partial charge in [-0.25, -0.2) is 4.98 Å². The van der Waals surface area contributed by atoms with Gasteiger partial charge in [0.1, 0.15) is 5.82 Å². The Bertz CT molecular complexity index is 670. The molecular formula is C16H25N5O. The van der Waals surface area contributed by atoms with E-state index >= 15 is 0 Å². The van der Waals surface area contributed by atoms with Gasteiger partial charge < -0.3 is 9.47 Å². The highest BCUT2D eigenvalue weighted by molar-refractivity contribution is 5.76. The quantitative estimate of drug-likeness (QED) is 0.850. The molecule has 2 heterocycles. The number of hydrogen-bond acceptors (Lipinski definition) is 3. The third kappa shape index (κ3) is 3.21. The van der Waals surface area contributed by atoms with Crippen molar-refractivity contribution < 1.29 is 4.79 Å². The highest BCUT2D eigenvalue weighted by Crippen LogP contribution is 2.17. The molecule has 0 aromatic carbocycles. The van der Waals surface area contributed by atoms with Crippen LogP contribution in [0.25, 0.3) is 0 Å². The molecule has 22 heavy (non-hydrogen) atoms. The molecule has 0 unspecified atom stereocenters. The predicted molar refractivity (Wildman–Crippen MR) is 85.4 cm³/mol. The molecule has 2 aromatic heterocycles. The highest BCUT2D eigenvalue weighted by Gasteiger charge is 2.18. The van der Waals surface area contributed by atoms with Gasteiger partial charge in [0.25, 0.3) is 0 Å². The van der Waals surface area contributed by atoms with E-state index in [1.165, 1.54) is 0 Å². The van der Waals surface area contributed by atoms with E-state index < -0.39 is 0 Å². The van der Waals surface area contributed by atoms with Crippen LogP contribution in [0.4, 0.5) is 0 Å². The Balaban J connectivity index is 2.02. The lowest BCUT2D eigenvalue weighted by Crippen LogP contribution is -2.28. The highest BCUT2D eigenvalue weighted by atomic mass is 16.2. The average molecular weight is 303 g/mol. The number of carbonyl (C=O) groups excluding carboxylic acids is 1. The van der Waals surface area contributed by atoms with Gasteiger partial charge in [-0.3, -0.25) is 9.48 Å². The smallest absolute Gasteiger partial charge is 0.224 e. The van der Waals surface area contributed by atoms with E-state index in [9.17, 15) is 4.79 Å². The zero-order chi connectivity index (χ0) is 16.4. The molecule has 0 saturated heterocycles. The normalized spacial score (nSPS) is 12.5. The first-order valence-corrected chi connectivity index (χ1v) is 7.53. The van der Waals surface area contributed by atoms with Crippen LogP contribution in [-0.4, -0.2) is 37.2 Å². The molecule has 0 bridgehead atoms. The average Bonchev–Trinajstić information content (AvgIpc) is 2.97. The molecule has 1 atom stereocenters. The Morgan fingerprint density at radius 2 is 2.05 bits per heavy atom. The molecule has 0 N–H and O–H groups in total. The zero-order valence-electron chi connectivity index (χ0n) is 14.3. The van der Waals surface area contributed by atoms with Gasteiger partial charge in [-0.1, -0.05) is 0 Å². The summed E-state index contributed by atoms with van der Waals surface area (Å²) < 4.78 is 3.90. The predicted octanol–water partition coefficient (Wildman–Crippen LogP) is 2.15. The zero-order valence-corrected chi connectivity index (χ0v) is 14.3. The molecule has 0 aliphatic rings. The Morgan fingerprint density at radius 1 is 1.36 bits per heavy atom. The fourth-order valence-electron chi connectivity index (χ4n) is 2.73. The minimum absolute atomic E-state index is 0.105. The van der Waals surface area contributed by atoms with E-state index in [1.54, 1.807) is 11.1 Å². The van der Waals surface area contributed by atoms with Gasteiger partial charge in [-0.15, -0.1) is 0 Å². The maximum Gasteiger partial charge on any atom is 0.224 e. The molecule has 1 amide bonds. The minimum Gasteiger partial charge on any atom is -0.341 e. The molecule has 0 spiro atoms. The monoisotopic (exact) mass is 303 g/mol. The lowest BCUT2D eigenvalue weighted by molar-refractivity contribution is -0.131. The first-order valence-electron chi connectivity index (χ1n) is 7.53. The number of imidazole rings is 1. The van der Waals surface area contributed by atoms with Crippen molar-refractivity contribution >= 4 is 5.91 Å². The van der Waals surface area contributed by atoms with Crippen molar-refractivity contribution in [1.29, 1.82) is 0 Å². The molecule has 0 aliphatic carbocycles. The van der Waals surface area contributed by atoms with Crippen LogP contribution in [0.5, 0.6) is 0 Å². The summed E-state index contributed by atoms with van der Waals surface area (Å²) in [6.45, 7) is 8.61. The van der Waals surface area contributed by atoms with Crippen LogP contribution >= 0.6 is 0 Å². The van der Waals surface area contributed by atoms with E-state index in [0.29, 0.717) is 13.0 Å². The van der Waals surface area contributed by atoms with E-state index in [0.717, 1.165) is 22.8 Å². The standard InChI is InChI=1S/C16H25N5O/c1-11(21-8-7-17-14(21)4)9-16(22)19(5)10-15-12(2)18-20(6)13(15)3/h7-8,11H,9-10H2,1-6H3/t11-/m1/s1. The van der Waals surface area contributed by atoms with Gasteiger partial charge in [0.15, 0.2) is 0 Å². The van der Waals surface area contributed by atoms with Gasteiger partial charge >= 0.3 is 0 Å². The van der Waals surface area contributed by atoms with Crippen molar-refractivity contribution in [1.82, 2.24) is 24.2 Å². The van der Waals surface area contributed by atoms with Crippen LogP contribution in [-0.2, 0) is 18.4 Å². The van der Waals surface area contributed by atoms with Gasteiger partial charge in [0, 0.05) is 56.8 Å². The van der Waals surface area contributed by atoms with Gasteiger partial charge in [-0.05, 0) is 27.7 Å². The van der Waals surface area contributed by atoms with E-state index in [1.807, 2.05) is 57.2 Å². The molecule has 0 fully saturated rings. The van der Waals surface area contributed by atoms with E-state index in [2.05, 4.69) is 10.1 Å². The molecule has 2 aromatic rings. The molecule has 6 nitrogen and oxygen atoms in total. The lowest BCUT2D eigenvalue weighted by Gasteiger charge is -2.21. The maximum atomic E-state index is 12.5. The lowest BCUT2D eigenvalue weighted by atomic mass is 10.1. The third-order valence-corrected chi connectivity index (χ3v) is 4.29. The number of hydrogen-bond donors (Lipinski definition) is 0. The topological polar surface area (TPSA) is 56.0 Å². The van der Waals surface area contributed by atoms with Crippen molar-refractivity contribution in [2.24, 2.45) is 7.05 Å². The third-order valence-electron chi connectivity index (χ3n) is 4.29. The summed E-state index contributed by atoms with van der Waals surface area (Å²) >= 11 is 0. The Kier molecular flexibility index (Phi) is 4.68. The van der Waals surface area contributed by atoms with Crippen LogP contribution < -0.4 is 0 Å². The second kappa shape index (κ2) is 6.34. The molecule has 0 aliphatic heterocycles. The second-order valence-electron chi connectivity index (χ2n) is 5.96. The van der Waals surface area contributed by atoms with Crippen LogP contribution in [0.2, 0.25) is 0 Å². The summed E-state index contributed by atoms with van der Waals surface area (Å²) in [6, 6.07) is 0.105. The first-order chi connectivity index (χ1) is 10.3. The largest absolute Gasteiger partial charge is 0.341 e. The number of aromatic nitrogens is 4. The van der Waals surface area contributed by atoms with Crippen LogP contribution in [0.15, 0.2) is 12.4 Å². The summed E-state index contributed by atoms with van der Waals surface area (Å²) in [5.41, 5.74) is 3.22. The fourth-order valence-corrected chi connectivity index (χ4v) is 2.73. The van der Waals surface area contributed by atoms with Gasteiger partial charge in [0.05, 0.1) is 5.69 Å². The van der Waals surface area contributed by atoms with E-state index in [4.69, 9.17) is 0 Å². The van der Waals surface area contributed by atoms with Crippen molar-refractivity contribution in [2.75, 3.05) is 7.05 Å². The first kappa shape index (κ1) is 16.3. The van der Waals surface area contributed by atoms with Crippen molar-refractivity contribution in [2.45, 2.75) is 46.7 Å². The molecular weight excluding hydrogens is 278 g/mol. The summed E-state index contributed by atoms with van der Waals surface area (Å²) in [5.74, 6) is 1.06. The number of aryl methyl sites for hydroxylation is 3. The maximum absolute atomic E-state index is 12.5. The molecule has 120 valence electrons.